The van der Waals surface area contributed by atoms with Gasteiger partial charge in [0.1, 0.15) is 6.73 Å². The molecular weight excluding hydrogens is 385 g/mol. The number of aromatic amines is 1. The monoisotopic (exact) mass is 405 g/mol. The first-order valence-corrected chi connectivity index (χ1v) is 9.35. The fourth-order valence-corrected chi connectivity index (χ4v) is 2.68. The van der Waals surface area contributed by atoms with Crippen LogP contribution in [0.25, 0.3) is 11.2 Å². The minimum absolute atomic E-state index is 0.0144. The number of anilines is 1. The van der Waals surface area contributed by atoms with Gasteiger partial charge >= 0.3 is 13.3 Å². The van der Waals surface area contributed by atoms with Gasteiger partial charge in [-0.05, 0) is 6.42 Å². The van der Waals surface area contributed by atoms with Crippen molar-refractivity contribution in [2.75, 3.05) is 39.3 Å². The van der Waals surface area contributed by atoms with Gasteiger partial charge in [-0.25, -0.2) is 14.3 Å². The normalized spacial score (nSPS) is 13.6. The number of nitrogens with zero attached hydrogens (tertiary/aromatic N) is 3. The highest BCUT2D eigenvalue weighted by atomic mass is 31.2. The zero-order valence-electron chi connectivity index (χ0n) is 14.5. The molecule has 1 atom stereocenters. The Morgan fingerprint density at radius 1 is 1.33 bits per heavy atom. The maximum Gasteiger partial charge on any atom is 0.435 e. The molecule has 2 heterocycles. The fourth-order valence-electron chi connectivity index (χ4n) is 1.97. The van der Waals surface area contributed by atoms with Crippen LogP contribution in [0.2, 0.25) is 0 Å². The van der Waals surface area contributed by atoms with Crippen molar-refractivity contribution in [3.05, 3.63) is 16.7 Å². The van der Waals surface area contributed by atoms with Crippen molar-refractivity contribution in [1.82, 2.24) is 19.5 Å². The van der Waals surface area contributed by atoms with E-state index >= 15 is 0 Å². The molecular formula is C13H20N5O8P. The number of H-pyrrole nitrogens is 1. The van der Waals surface area contributed by atoms with Gasteiger partial charge in [-0.2, -0.15) is 4.98 Å². The van der Waals surface area contributed by atoms with E-state index < -0.39 is 18.9 Å². The zero-order valence-corrected chi connectivity index (χ0v) is 15.4. The highest BCUT2D eigenvalue weighted by Crippen LogP contribution is 2.43. The second-order valence-corrected chi connectivity index (χ2v) is 6.83. The molecule has 1 unspecified atom stereocenters. The van der Waals surface area contributed by atoms with Crippen LogP contribution in [0.15, 0.2) is 11.1 Å². The van der Waals surface area contributed by atoms with Crippen molar-refractivity contribution in [1.29, 1.82) is 0 Å². The molecule has 4 N–H and O–H groups in total. The Bertz CT molecular complexity index is 881. The van der Waals surface area contributed by atoms with Gasteiger partial charge in [-0.1, -0.05) is 0 Å². The number of hydrogen-bond donors (Lipinski definition) is 3. The third-order valence-electron chi connectivity index (χ3n) is 3.20. The Morgan fingerprint density at radius 3 is 2.81 bits per heavy atom. The fraction of sp³-hybridized carbons (Fsp3) is 0.538. The van der Waals surface area contributed by atoms with E-state index in [4.69, 9.17) is 15.2 Å². The molecule has 0 fully saturated rings. The largest absolute Gasteiger partial charge is 0.460 e. The number of nitrogens with two attached hydrogens (primary N) is 1. The van der Waals surface area contributed by atoms with Crippen molar-refractivity contribution in [2.45, 2.75) is 13.2 Å². The molecule has 2 aromatic rings. The molecule has 0 saturated carbocycles. The van der Waals surface area contributed by atoms with Gasteiger partial charge < -0.3 is 29.4 Å². The lowest BCUT2D eigenvalue weighted by Crippen LogP contribution is -2.13. The predicted molar refractivity (Wildman–Crippen MR) is 92.1 cm³/mol. The van der Waals surface area contributed by atoms with Gasteiger partial charge in [0.2, 0.25) is 5.95 Å². The molecule has 0 aliphatic rings. The van der Waals surface area contributed by atoms with Crippen LogP contribution in [0.1, 0.15) is 6.42 Å². The number of aromatic nitrogens is 4. The van der Waals surface area contributed by atoms with Crippen LogP contribution in [-0.4, -0.2) is 63.7 Å². The van der Waals surface area contributed by atoms with Crippen molar-refractivity contribution in [3.63, 3.8) is 0 Å². The van der Waals surface area contributed by atoms with E-state index in [9.17, 15) is 19.0 Å². The Hall–Kier alpha value is -2.31. The van der Waals surface area contributed by atoms with Crippen LogP contribution in [0.4, 0.5) is 10.7 Å². The number of methoxy groups -OCH3 is 1. The summed E-state index contributed by atoms with van der Waals surface area (Å²) in [6.45, 7) is 0.723. The van der Waals surface area contributed by atoms with Crippen molar-refractivity contribution >= 4 is 30.4 Å². The number of carbonyl (C=O) groups is 1. The van der Waals surface area contributed by atoms with Crippen LogP contribution in [0.3, 0.4) is 0 Å². The van der Waals surface area contributed by atoms with Crippen LogP contribution in [-0.2, 0) is 30.0 Å². The summed E-state index contributed by atoms with van der Waals surface area (Å²) in [5.41, 5.74) is 4.25. The van der Waals surface area contributed by atoms with Gasteiger partial charge in [-0.3, -0.25) is 14.3 Å². The molecule has 0 bridgehead atoms. The summed E-state index contributed by atoms with van der Waals surface area (Å²) in [5, 5.41) is 0. The summed E-state index contributed by atoms with van der Waals surface area (Å²) in [6, 6.07) is 0. The summed E-state index contributed by atoms with van der Waals surface area (Å²) in [7, 11) is -3.40. The first-order valence-electron chi connectivity index (χ1n) is 7.77. The molecule has 0 saturated heterocycles. The van der Waals surface area contributed by atoms with E-state index in [0.717, 1.165) is 7.11 Å². The standard InChI is InChI=1S/C13H20N5O8P/c1-23-13(20)27(21,22)26-4-2-3-24-5-6-25-8-18-7-15-9-10(18)16-12(14)17-11(9)19/h7H,2-6,8H2,1H3,(H,21,22)(H3,14,16,17,19). The van der Waals surface area contributed by atoms with Crippen LogP contribution < -0.4 is 11.3 Å². The number of nitrogen functional groups attached to an aromatic ring is 1. The number of ether oxygens (including phenoxy) is 3. The Balaban J connectivity index is 1.61. The molecule has 0 aromatic carbocycles. The third kappa shape index (κ3) is 5.84. The Labute approximate surface area is 152 Å². The van der Waals surface area contributed by atoms with E-state index in [-0.39, 0.29) is 44.6 Å². The average Bonchev–Trinajstić information content (AvgIpc) is 3.02. The smallest absolute Gasteiger partial charge is 0.435 e. The minimum Gasteiger partial charge on any atom is -0.460 e. The predicted octanol–water partition coefficient (Wildman–Crippen LogP) is 0.0510. The molecule has 0 radical (unpaired) electrons. The molecule has 2 aromatic heterocycles. The second kappa shape index (κ2) is 9.58. The molecule has 14 heteroatoms. The first kappa shape index (κ1) is 21.0. The number of fused-ring (bicyclic) bond motifs is 1. The van der Waals surface area contributed by atoms with Crippen molar-refractivity contribution in [2.24, 2.45) is 0 Å². The summed E-state index contributed by atoms with van der Waals surface area (Å²) in [5.74, 6) is -0.0144. The summed E-state index contributed by atoms with van der Waals surface area (Å²) < 4.78 is 32.3. The molecule has 0 spiro atoms. The van der Waals surface area contributed by atoms with E-state index in [1.165, 1.54) is 10.9 Å². The third-order valence-corrected chi connectivity index (χ3v) is 4.38. The summed E-state index contributed by atoms with van der Waals surface area (Å²) >= 11 is 0. The second-order valence-electron chi connectivity index (χ2n) is 5.16. The lowest BCUT2D eigenvalue weighted by molar-refractivity contribution is 0.0172. The van der Waals surface area contributed by atoms with Gasteiger partial charge in [0.25, 0.3) is 5.56 Å². The lowest BCUT2D eigenvalue weighted by atomic mass is 10.5. The highest BCUT2D eigenvalue weighted by Gasteiger charge is 2.31. The average molecular weight is 405 g/mol. The number of hydrogen-bond acceptors (Lipinski definition) is 10. The zero-order chi connectivity index (χ0) is 19.9. The SMILES string of the molecule is COC(=O)P(=O)(O)OCCCOCCOCn1cnc2c(=O)[nH]c(N)nc21. The minimum atomic E-state index is -4.39. The Kier molecular flexibility index (Phi) is 7.45. The maximum absolute atomic E-state index is 11.6. The first-order chi connectivity index (χ1) is 12.8. The molecule has 2 rings (SSSR count). The number of carbonyl (C=O) groups excluding carboxylic acids is 1. The van der Waals surface area contributed by atoms with Crippen LogP contribution >= 0.6 is 7.60 Å². The molecule has 27 heavy (non-hydrogen) atoms. The quantitative estimate of drug-likeness (QED) is 0.339. The summed E-state index contributed by atoms with van der Waals surface area (Å²) in [4.78, 5) is 42.1. The number of rotatable bonds is 11. The molecule has 150 valence electrons. The van der Waals surface area contributed by atoms with Gasteiger partial charge in [-0.15, -0.1) is 0 Å². The van der Waals surface area contributed by atoms with Crippen LogP contribution in [0.5, 0.6) is 0 Å². The molecule has 0 aliphatic carbocycles. The molecule has 13 nitrogen and oxygen atoms in total. The number of nitrogens with one attached hydrogen (secondary N) is 1. The highest BCUT2D eigenvalue weighted by molar-refractivity contribution is 7.70. The van der Waals surface area contributed by atoms with Gasteiger partial charge in [0.05, 0.1) is 33.3 Å². The Morgan fingerprint density at radius 2 is 2.07 bits per heavy atom. The van der Waals surface area contributed by atoms with Gasteiger partial charge in [0.15, 0.2) is 11.2 Å². The van der Waals surface area contributed by atoms with E-state index in [1.807, 2.05) is 0 Å². The topological polar surface area (TPSA) is 181 Å². The van der Waals surface area contributed by atoms with Gasteiger partial charge in [0, 0.05) is 6.61 Å². The number of imidazole rings is 1. The molecule has 0 amide bonds. The van der Waals surface area contributed by atoms with E-state index in [2.05, 4.69) is 24.2 Å². The van der Waals surface area contributed by atoms with Crippen molar-refractivity contribution < 1.29 is 33.0 Å². The van der Waals surface area contributed by atoms with Crippen LogP contribution in [0, 0.1) is 0 Å². The lowest BCUT2D eigenvalue weighted by Gasteiger charge is -2.10. The molecule has 0 aliphatic heterocycles. The van der Waals surface area contributed by atoms with E-state index in [0.29, 0.717) is 12.1 Å². The summed E-state index contributed by atoms with van der Waals surface area (Å²) in [6.07, 6.45) is 1.72. The van der Waals surface area contributed by atoms with E-state index in [1.54, 1.807) is 0 Å². The maximum atomic E-state index is 11.6. The van der Waals surface area contributed by atoms with Crippen molar-refractivity contribution in [3.8, 4) is 0 Å².